The fourth-order valence-electron chi connectivity index (χ4n) is 1.78. The zero-order valence-electron chi connectivity index (χ0n) is 8.73. The van der Waals surface area contributed by atoms with E-state index in [4.69, 9.17) is 5.73 Å². The van der Waals surface area contributed by atoms with Gasteiger partial charge in [-0.2, -0.15) is 0 Å². The Kier molecular flexibility index (Phi) is 2.46. The quantitative estimate of drug-likeness (QED) is 0.809. The lowest BCUT2D eigenvalue weighted by Gasteiger charge is -2.02. The van der Waals surface area contributed by atoms with Crippen molar-refractivity contribution in [3.05, 3.63) is 36.0 Å². The fourth-order valence-corrected chi connectivity index (χ4v) is 1.78. The van der Waals surface area contributed by atoms with Gasteiger partial charge in [-0.05, 0) is 35.6 Å². The minimum atomic E-state index is -0.313. The first-order valence-corrected chi connectivity index (χ1v) is 5.07. The Hall–Kier alpha value is -1.77. The first-order valence-electron chi connectivity index (χ1n) is 5.07. The number of aromatic nitrogens is 1. The number of primary amides is 1. The number of nitrogens with two attached hydrogens (primary N) is 1. The van der Waals surface area contributed by atoms with Gasteiger partial charge >= 0.3 is 0 Å². The van der Waals surface area contributed by atoms with Crippen molar-refractivity contribution in [1.29, 1.82) is 0 Å². The Bertz CT molecular complexity index is 499. The first-order chi connectivity index (χ1) is 7.20. The van der Waals surface area contributed by atoms with Crippen molar-refractivity contribution in [2.45, 2.75) is 19.9 Å². The number of nitrogens with zero attached hydrogens (tertiary/aromatic N) is 1. The summed E-state index contributed by atoms with van der Waals surface area (Å²) in [5.74, 6) is -0.313. The lowest BCUT2D eigenvalue weighted by molar-refractivity contribution is -0.118. The van der Waals surface area contributed by atoms with E-state index in [1.54, 1.807) is 0 Å². The highest BCUT2D eigenvalue weighted by molar-refractivity contribution is 5.83. The number of rotatable bonds is 3. The highest BCUT2D eigenvalue weighted by Crippen LogP contribution is 2.17. The third-order valence-electron chi connectivity index (χ3n) is 2.57. The molecule has 1 heterocycles. The van der Waals surface area contributed by atoms with Crippen molar-refractivity contribution in [2.75, 3.05) is 0 Å². The molecule has 0 fully saturated rings. The van der Waals surface area contributed by atoms with Gasteiger partial charge in [0.05, 0.1) is 0 Å². The van der Waals surface area contributed by atoms with Gasteiger partial charge in [-0.15, -0.1) is 0 Å². The highest BCUT2D eigenvalue weighted by Gasteiger charge is 2.03. The second-order valence-electron chi connectivity index (χ2n) is 3.66. The molecule has 2 aromatic rings. The number of carbonyl (C=O) groups excluding carboxylic acids is 1. The highest BCUT2D eigenvalue weighted by atomic mass is 16.1. The molecule has 0 saturated heterocycles. The molecular formula is C12H14N2O. The molecule has 2 rings (SSSR count). The number of hydrogen-bond donors (Lipinski definition) is 1. The van der Waals surface area contributed by atoms with Gasteiger partial charge in [0, 0.05) is 11.7 Å². The van der Waals surface area contributed by atoms with Gasteiger partial charge < -0.3 is 10.3 Å². The van der Waals surface area contributed by atoms with E-state index < -0.39 is 0 Å². The van der Waals surface area contributed by atoms with Crippen molar-refractivity contribution >= 4 is 16.8 Å². The van der Waals surface area contributed by atoms with Crippen molar-refractivity contribution < 1.29 is 4.79 Å². The molecule has 1 aromatic carbocycles. The molecule has 0 spiro atoms. The molecule has 0 atom stereocenters. The van der Waals surface area contributed by atoms with Gasteiger partial charge in [0.1, 0.15) is 6.54 Å². The first kappa shape index (κ1) is 9.77. The average Bonchev–Trinajstić information content (AvgIpc) is 2.60. The Morgan fingerprint density at radius 3 is 2.87 bits per heavy atom. The predicted molar refractivity (Wildman–Crippen MR) is 60.5 cm³/mol. The number of carbonyl (C=O) groups is 1. The van der Waals surface area contributed by atoms with Crippen LogP contribution in [0.4, 0.5) is 0 Å². The van der Waals surface area contributed by atoms with Crippen LogP contribution in [0.3, 0.4) is 0 Å². The summed E-state index contributed by atoms with van der Waals surface area (Å²) >= 11 is 0. The van der Waals surface area contributed by atoms with Crippen LogP contribution in [0, 0.1) is 0 Å². The summed E-state index contributed by atoms with van der Waals surface area (Å²) in [5.41, 5.74) is 7.54. The maximum absolute atomic E-state index is 10.8. The van der Waals surface area contributed by atoms with Crippen molar-refractivity contribution in [1.82, 2.24) is 4.57 Å². The molecule has 3 nitrogen and oxygen atoms in total. The molecule has 0 saturated carbocycles. The molecule has 0 aliphatic heterocycles. The van der Waals surface area contributed by atoms with Gasteiger partial charge in [-0.1, -0.05) is 13.0 Å². The van der Waals surface area contributed by atoms with Crippen LogP contribution in [-0.4, -0.2) is 10.5 Å². The van der Waals surface area contributed by atoms with E-state index in [2.05, 4.69) is 19.1 Å². The second-order valence-corrected chi connectivity index (χ2v) is 3.66. The Balaban J connectivity index is 2.47. The van der Waals surface area contributed by atoms with Crippen LogP contribution in [0.1, 0.15) is 12.5 Å². The topological polar surface area (TPSA) is 48.0 Å². The Morgan fingerprint density at radius 2 is 2.20 bits per heavy atom. The van der Waals surface area contributed by atoms with Crippen LogP contribution in [0.5, 0.6) is 0 Å². The summed E-state index contributed by atoms with van der Waals surface area (Å²) in [6.45, 7) is 2.37. The molecule has 0 aliphatic rings. The third-order valence-corrected chi connectivity index (χ3v) is 2.57. The number of fused-ring (bicyclic) bond motifs is 1. The Morgan fingerprint density at radius 1 is 1.40 bits per heavy atom. The number of aryl methyl sites for hydroxylation is 1. The molecule has 1 aromatic heterocycles. The standard InChI is InChI=1S/C12H14N2O/c1-2-9-3-4-11-10(7-9)5-6-14(11)8-12(13)15/h3-7H,2,8H2,1H3,(H2,13,15). The summed E-state index contributed by atoms with van der Waals surface area (Å²) in [4.78, 5) is 10.8. The third kappa shape index (κ3) is 1.86. The molecular weight excluding hydrogens is 188 g/mol. The Labute approximate surface area is 88.5 Å². The van der Waals surface area contributed by atoms with Gasteiger partial charge in [-0.3, -0.25) is 4.79 Å². The van der Waals surface area contributed by atoms with Crippen molar-refractivity contribution in [3.8, 4) is 0 Å². The summed E-state index contributed by atoms with van der Waals surface area (Å²) in [6.07, 6.45) is 2.92. The lowest BCUT2D eigenvalue weighted by atomic mass is 10.1. The SMILES string of the molecule is CCc1ccc2c(ccn2CC(N)=O)c1. The number of hydrogen-bond acceptors (Lipinski definition) is 1. The molecule has 0 bridgehead atoms. The monoisotopic (exact) mass is 202 g/mol. The van der Waals surface area contributed by atoms with Crippen LogP contribution in [-0.2, 0) is 17.8 Å². The summed E-state index contributed by atoms with van der Waals surface area (Å²) < 4.78 is 1.87. The van der Waals surface area contributed by atoms with E-state index in [0.29, 0.717) is 0 Å². The molecule has 15 heavy (non-hydrogen) atoms. The molecule has 0 aliphatic carbocycles. The maximum atomic E-state index is 10.8. The van der Waals surface area contributed by atoms with Gasteiger partial charge in [0.15, 0.2) is 0 Å². The maximum Gasteiger partial charge on any atom is 0.237 e. The summed E-state index contributed by atoms with van der Waals surface area (Å²) in [5, 5.41) is 1.16. The van der Waals surface area contributed by atoms with Crippen LogP contribution >= 0.6 is 0 Å². The second kappa shape index (κ2) is 3.77. The lowest BCUT2D eigenvalue weighted by Crippen LogP contribution is -2.17. The van der Waals surface area contributed by atoms with E-state index >= 15 is 0 Å². The van der Waals surface area contributed by atoms with E-state index in [0.717, 1.165) is 17.3 Å². The molecule has 1 amide bonds. The zero-order valence-corrected chi connectivity index (χ0v) is 8.73. The van der Waals surface area contributed by atoms with Crippen molar-refractivity contribution in [3.63, 3.8) is 0 Å². The largest absolute Gasteiger partial charge is 0.368 e. The van der Waals surface area contributed by atoms with E-state index in [1.165, 1.54) is 5.56 Å². The zero-order chi connectivity index (χ0) is 10.8. The summed E-state index contributed by atoms with van der Waals surface area (Å²) in [6, 6.07) is 8.28. The molecule has 0 radical (unpaired) electrons. The van der Waals surface area contributed by atoms with Gasteiger partial charge in [0.25, 0.3) is 0 Å². The smallest absolute Gasteiger partial charge is 0.237 e. The minimum Gasteiger partial charge on any atom is -0.368 e. The molecule has 3 heteroatoms. The number of amides is 1. The van der Waals surface area contributed by atoms with E-state index in [9.17, 15) is 4.79 Å². The minimum absolute atomic E-state index is 0.245. The molecule has 0 unspecified atom stereocenters. The van der Waals surface area contributed by atoms with Crippen LogP contribution < -0.4 is 5.73 Å². The molecule has 2 N–H and O–H groups in total. The van der Waals surface area contributed by atoms with Crippen LogP contribution in [0.15, 0.2) is 30.5 Å². The van der Waals surface area contributed by atoms with Gasteiger partial charge in [-0.25, -0.2) is 0 Å². The normalized spacial score (nSPS) is 10.7. The molecule has 78 valence electrons. The fraction of sp³-hybridized carbons (Fsp3) is 0.250. The van der Waals surface area contributed by atoms with E-state index in [-0.39, 0.29) is 12.5 Å². The predicted octanol–water partition coefficient (Wildman–Crippen LogP) is 1.69. The van der Waals surface area contributed by atoms with Crippen molar-refractivity contribution in [2.24, 2.45) is 5.73 Å². The number of benzene rings is 1. The van der Waals surface area contributed by atoms with Crippen LogP contribution in [0.2, 0.25) is 0 Å². The van der Waals surface area contributed by atoms with Gasteiger partial charge in [0.2, 0.25) is 5.91 Å². The summed E-state index contributed by atoms with van der Waals surface area (Å²) in [7, 11) is 0. The average molecular weight is 202 g/mol. The van der Waals surface area contributed by atoms with E-state index in [1.807, 2.05) is 22.9 Å². The van der Waals surface area contributed by atoms with Crippen LogP contribution in [0.25, 0.3) is 10.9 Å².